The molecule has 0 spiro atoms. The first-order valence-corrected chi connectivity index (χ1v) is 9.30. The minimum atomic E-state index is 0.515. The summed E-state index contributed by atoms with van der Waals surface area (Å²) in [6.45, 7) is 4.73. The minimum Gasteiger partial charge on any atom is -0.379 e. The minimum absolute atomic E-state index is 0.515. The quantitative estimate of drug-likeness (QED) is 0.779. The summed E-state index contributed by atoms with van der Waals surface area (Å²) in [5.41, 5.74) is 5.18. The maximum absolute atomic E-state index is 8.53. The van der Waals surface area contributed by atoms with E-state index in [0.29, 0.717) is 12.3 Å². The number of aliphatic imine (C=N–C) groups is 1. The van der Waals surface area contributed by atoms with Gasteiger partial charge < -0.3 is 9.30 Å². The summed E-state index contributed by atoms with van der Waals surface area (Å²) in [5, 5.41) is 8.53. The molecule has 3 aromatic rings. The monoisotopic (exact) mass is 359 g/mol. The van der Waals surface area contributed by atoms with E-state index in [2.05, 4.69) is 15.5 Å². The molecule has 6 heteroatoms. The molecule has 1 saturated heterocycles. The summed E-state index contributed by atoms with van der Waals surface area (Å²) in [4.78, 5) is 12.0. The molecule has 1 N–H and O–H groups in total. The Morgan fingerprint density at radius 2 is 1.74 bits per heavy atom. The summed E-state index contributed by atoms with van der Waals surface area (Å²) in [7, 11) is 0. The molecular weight excluding hydrogens is 338 g/mol. The molecule has 0 radical (unpaired) electrons. The number of morpholine rings is 1. The molecule has 2 aliphatic rings. The number of rotatable bonds is 4. The number of aromatic nitrogens is 2. The number of hydrogen-bond donors (Lipinski definition) is 1. The van der Waals surface area contributed by atoms with Crippen molar-refractivity contribution in [3.63, 3.8) is 0 Å². The molecule has 2 aromatic carbocycles. The highest BCUT2D eigenvalue weighted by Crippen LogP contribution is 2.27. The molecule has 0 aliphatic carbocycles. The first-order valence-electron chi connectivity index (χ1n) is 9.30. The van der Waals surface area contributed by atoms with Crippen LogP contribution in [0.1, 0.15) is 11.4 Å². The molecule has 136 valence electrons. The zero-order valence-corrected chi connectivity index (χ0v) is 15.1. The molecule has 0 atom stereocenters. The van der Waals surface area contributed by atoms with Crippen LogP contribution in [0.2, 0.25) is 0 Å². The van der Waals surface area contributed by atoms with Crippen LogP contribution < -0.4 is 0 Å². The Morgan fingerprint density at radius 3 is 2.59 bits per heavy atom. The largest absolute Gasteiger partial charge is 0.379 e. The van der Waals surface area contributed by atoms with Crippen LogP contribution in [0, 0.1) is 5.41 Å². The molecule has 0 unspecified atom stereocenters. The Kier molecular flexibility index (Phi) is 4.07. The van der Waals surface area contributed by atoms with Crippen molar-refractivity contribution in [3.05, 3.63) is 59.9 Å². The van der Waals surface area contributed by atoms with Crippen molar-refractivity contribution in [1.82, 2.24) is 14.5 Å². The first kappa shape index (κ1) is 16.4. The van der Waals surface area contributed by atoms with Crippen molar-refractivity contribution in [1.29, 1.82) is 5.41 Å². The van der Waals surface area contributed by atoms with Crippen LogP contribution in [0.25, 0.3) is 11.0 Å². The lowest BCUT2D eigenvalue weighted by molar-refractivity contribution is 0.0327. The van der Waals surface area contributed by atoms with E-state index >= 15 is 0 Å². The van der Waals surface area contributed by atoms with Crippen molar-refractivity contribution in [3.8, 4) is 0 Å². The van der Waals surface area contributed by atoms with Crippen molar-refractivity contribution in [2.75, 3.05) is 26.3 Å². The topological polar surface area (TPSA) is 66.5 Å². The highest BCUT2D eigenvalue weighted by molar-refractivity contribution is 6.50. The van der Waals surface area contributed by atoms with Gasteiger partial charge in [0.15, 0.2) is 0 Å². The van der Waals surface area contributed by atoms with Gasteiger partial charge in [-0.05, 0) is 18.2 Å². The summed E-state index contributed by atoms with van der Waals surface area (Å²) < 4.78 is 7.68. The number of para-hydroxylation sites is 3. The van der Waals surface area contributed by atoms with E-state index < -0.39 is 0 Å². The summed E-state index contributed by atoms with van der Waals surface area (Å²) in [5.74, 6) is 1.02. The summed E-state index contributed by atoms with van der Waals surface area (Å²) >= 11 is 0. The molecule has 1 aromatic heterocycles. The van der Waals surface area contributed by atoms with E-state index in [1.165, 1.54) is 0 Å². The lowest BCUT2D eigenvalue weighted by Crippen LogP contribution is -2.36. The van der Waals surface area contributed by atoms with E-state index in [9.17, 15) is 0 Å². The molecule has 0 amide bonds. The third-order valence-corrected chi connectivity index (χ3v) is 5.23. The van der Waals surface area contributed by atoms with Crippen LogP contribution in [0.15, 0.2) is 53.5 Å². The molecule has 3 heterocycles. The third-order valence-electron chi connectivity index (χ3n) is 5.23. The summed E-state index contributed by atoms with van der Waals surface area (Å²) in [6.07, 6.45) is 0. The van der Waals surface area contributed by atoms with Gasteiger partial charge in [0.1, 0.15) is 5.82 Å². The number of imidazole rings is 1. The van der Waals surface area contributed by atoms with Gasteiger partial charge in [-0.2, -0.15) is 0 Å². The van der Waals surface area contributed by atoms with Crippen LogP contribution >= 0.6 is 0 Å². The molecule has 1 fully saturated rings. The van der Waals surface area contributed by atoms with Crippen LogP contribution in [0.5, 0.6) is 0 Å². The molecule has 0 saturated carbocycles. The molecular formula is C21H21N5O. The maximum Gasteiger partial charge on any atom is 0.124 e. The van der Waals surface area contributed by atoms with Crippen molar-refractivity contribution in [2.45, 2.75) is 13.1 Å². The zero-order chi connectivity index (χ0) is 18.2. The Morgan fingerprint density at radius 1 is 0.963 bits per heavy atom. The SMILES string of the molecule is N=C1C(Cn2c(CN3CCOCC3)nc3ccccc32)=Nc2ccccc21. The number of hydrogen-bond acceptors (Lipinski definition) is 5. The number of ether oxygens (including phenoxy) is 1. The number of fused-ring (bicyclic) bond motifs is 2. The van der Waals surface area contributed by atoms with Crippen molar-refractivity contribution >= 4 is 28.1 Å². The molecule has 2 aliphatic heterocycles. The normalized spacial score (nSPS) is 17.3. The number of nitrogens with zero attached hydrogens (tertiary/aromatic N) is 4. The molecule has 0 bridgehead atoms. The molecule has 5 rings (SSSR count). The highest BCUT2D eigenvalue weighted by atomic mass is 16.5. The lowest BCUT2D eigenvalue weighted by Gasteiger charge is -2.26. The fourth-order valence-electron chi connectivity index (χ4n) is 3.79. The van der Waals surface area contributed by atoms with Gasteiger partial charge in [0.2, 0.25) is 0 Å². The lowest BCUT2D eigenvalue weighted by atomic mass is 10.1. The van der Waals surface area contributed by atoms with Crippen LogP contribution in [0.3, 0.4) is 0 Å². The van der Waals surface area contributed by atoms with E-state index in [-0.39, 0.29) is 0 Å². The maximum atomic E-state index is 8.53. The van der Waals surface area contributed by atoms with Crippen LogP contribution in [-0.2, 0) is 17.8 Å². The van der Waals surface area contributed by atoms with Gasteiger partial charge in [0.25, 0.3) is 0 Å². The molecule has 27 heavy (non-hydrogen) atoms. The second kappa shape index (κ2) is 6.72. The van der Waals surface area contributed by atoms with Gasteiger partial charge in [0.05, 0.1) is 54.4 Å². The smallest absolute Gasteiger partial charge is 0.124 e. The number of benzene rings is 2. The standard InChI is InChI=1S/C21H21N5O/c22-21-15-5-1-2-6-16(15)23-18(21)13-26-19-8-4-3-7-17(19)24-20(26)14-25-9-11-27-12-10-25/h1-8,22H,9-14H2. The van der Waals surface area contributed by atoms with E-state index in [0.717, 1.165) is 66.7 Å². The van der Waals surface area contributed by atoms with Gasteiger partial charge >= 0.3 is 0 Å². The van der Waals surface area contributed by atoms with E-state index in [1.807, 2.05) is 42.5 Å². The van der Waals surface area contributed by atoms with Crippen LogP contribution in [0.4, 0.5) is 5.69 Å². The Labute approximate surface area is 157 Å². The second-order valence-electron chi connectivity index (χ2n) is 6.94. The van der Waals surface area contributed by atoms with E-state index in [4.69, 9.17) is 20.1 Å². The van der Waals surface area contributed by atoms with Gasteiger partial charge in [-0.15, -0.1) is 0 Å². The first-order chi connectivity index (χ1) is 13.3. The summed E-state index contributed by atoms with van der Waals surface area (Å²) in [6, 6.07) is 16.1. The fourth-order valence-corrected chi connectivity index (χ4v) is 3.79. The van der Waals surface area contributed by atoms with Gasteiger partial charge in [-0.3, -0.25) is 10.3 Å². The van der Waals surface area contributed by atoms with E-state index in [1.54, 1.807) is 0 Å². The van der Waals surface area contributed by atoms with Gasteiger partial charge in [0, 0.05) is 18.7 Å². The predicted molar refractivity (Wildman–Crippen MR) is 106 cm³/mol. The second-order valence-corrected chi connectivity index (χ2v) is 6.94. The van der Waals surface area contributed by atoms with Crippen molar-refractivity contribution < 1.29 is 4.74 Å². The Balaban J connectivity index is 1.50. The average molecular weight is 359 g/mol. The Hall–Kier alpha value is -2.83. The highest BCUT2D eigenvalue weighted by Gasteiger charge is 2.23. The predicted octanol–water partition coefficient (Wildman–Crippen LogP) is 3.02. The van der Waals surface area contributed by atoms with Crippen molar-refractivity contribution in [2.24, 2.45) is 4.99 Å². The number of nitrogens with one attached hydrogen (secondary N) is 1. The Bertz CT molecular complexity index is 1050. The van der Waals surface area contributed by atoms with Gasteiger partial charge in [-0.1, -0.05) is 30.3 Å². The van der Waals surface area contributed by atoms with Gasteiger partial charge in [-0.25, -0.2) is 9.98 Å². The third kappa shape index (κ3) is 2.97. The van der Waals surface area contributed by atoms with Crippen LogP contribution in [-0.4, -0.2) is 52.2 Å². The molecule has 6 nitrogen and oxygen atoms in total. The zero-order valence-electron chi connectivity index (χ0n) is 15.1. The fraction of sp³-hybridized carbons (Fsp3) is 0.286. The average Bonchev–Trinajstić information content (AvgIpc) is 3.21.